The predicted octanol–water partition coefficient (Wildman–Crippen LogP) is 5.80. The standard InChI is InChI=1S/C25H20ClFN2O2/c1-14-7-9-17(10-8-14)22-23(28-21-6-4-5-15(2)16(21)3)25(31)29(24(22)30)18-11-12-20(27)19(26)13-18/h4-13,28H,1-3H3. The Morgan fingerprint density at radius 1 is 0.903 bits per heavy atom. The Kier molecular flexibility index (Phi) is 5.38. The van der Waals surface area contributed by atoms with E-state index in [9.17, 15) is 14.0 Å². The summed E-state index contributed by atoms with van der Waals surface area (Å²) in [5.74, 6) is -1.64. The van der Waals surface area contributed by atoms with Crippen LogP contribution in [0.25, 0.3) is 5.57 Å². The molecule has 0 aliphatic carbocycles. The predicted molar refractivity (Wildman–Crippen MR) is 122 cm³/mol. The van der Waals surface area contributed by atoms with E-state index in [0.717, 1.165) is 33.3 Å². The van der Waals surface area contributed by atoms with E-state index in [1.54, 1.807) is 0 Å². The van der Waals surface area contributed by atoms with Crippen LogP contribution >= 0.6 is 11.6 Å². The molecule has 0 radical (unpaired) electrons. The van der Waals surface area contributed by atoms with Gasteiger partial charge in [0, 0.05) is 5.69 Å². The highest BCUT2D eigenvalue weighted by molar-refractivity contribution is 6.46. The summed E-state index contributed by atoms with van der Waals surface area (Å²) in [6.07, 6.45) is 0. The number of nitrogens with one attached hydrogen (secondary N) is 1. The Balaban J connectivity index is 1.85. The summed E-state index contributed by atoms with van der Waals surface area (Å²) in [6, 6.07) is 16.9. The zero-order valence-electron chi connectivity index (χ0n) is 17.3. The van der Waals surface area contributed by atoms with E-state index in [-0.39, 0.29) is 22.0 Å². The van der Waals surface area contributed by atoms with Crippen molar-refractivity contribution in [3.63, 3.8) is 0 Å². The summed E-state index contributed by atoms with van der Waals surface area (Å²) < 4.78 is 13.7. The molecule has 4 rings (SSSR count). The van der Waals surface area contributed by atoms with Crippen LogP contribution in [-0.4, -0.2) is 11.8 Å². The van der Waals surface area contributed by atoms with Crippen LogP contribution in [0.5, 0.6) is 0 Å². The topological polar surface area (TPSA) is 49.4 Å². The maximum atomic E-state index is 13.7. The van der Waals surface area contributed by atoms with Crippen molar-refractivity contribution in [3.8, 4) is 0 Å². The van der Waals surface area contributed by atoms with Crippen LogP contribution in [-0.2, 0) is 9.59 Å². The fraction of sp³-hybridized carbons (Fsp3) is 0.120. The smallest absolute Gasteiger partial charge is 0.282 e. The molecule has 1 aliphatic heterocycles. The van der Waals surface area contributed by atoms with Crippen molar-refractivity contribution in [3.05, 3.63) is 99.5 Å². The van der Waals surface area contributed by atoms with Crippen LogP contribution in [0.4, 0.5) is 15.8 Å². The van der Waals surface area contributed by atoms with Crippen LogP contribution in [0.2, 0.25) is 5.02 Å². The molecule has 31 heavy (non-hydrogen) atoms. The first-order valence-electron chi connectivity index (χ1n) is 9.76. The summed E-state index contributed by atoms with van der Waals surface area (Å²) in [6.45, 7) is 5.87. The monoisotopic (exact) mass is 434 g/mol. The molecule has 0 atom stereocenters. The third-order valence-corrected chi connectivity index (χ3v) is 5.74. The highest BCUT2D eigenvalue weighted by Crippen LogP contribution is 2.35. The molecular weight excluding hydrogens is 415 g/mol. The van der Waals surface area contributed by atoms with E-state index in [1.165, 1.54) is 12.1 Å². The first-order valence-corrected chi connectivity index (χ1v) is 10.1. The maximum absolute atomic E-state index is 13.7. The lowest BCUT2D eigenvalue weighted by Crippen LogP contribution is -2.32. The normalized spacial score (nSPS) is 13.9. The molecule has 0 spiro atoms. The van der Waals surface area contributed by atoms with E-state index >= 15 is 0 Å². The summed E-state index contributed by atoms with van der Waals surface area (Å²) >= 11 is 5.91. The molecule has 0 bridgehead atoms. The number of hydrogen-bond donors (Lipinski definition) is 1. The summed E-state index contributed by atoms with van der Waals surface area (Å²) in [5.41, 5.74) is 5.06. The van der Waals surface area contributed by atoms with Crippen LogP contribution < -0.4 is 10.2 Å². The minimum atomic E-state index is -0.620. The number of halogens is 2. The third kappa shape index (κ3) is 3.73. The van der Waals surface area contributed by atoms with E-state index in [2.05, 4.69) is 5.32 Å². The molecule has 3 aromatic carbocycles. The molecule has 1 heterocycles. The summed E-state index contributed by atoms with van der Waals surface area (Å²) in [4.78, 5) is 27.9. The molecule has 3 aromatic rings. The number of hydrogen-bond acceptors (Lipinski definition) is 3. The van der Waals surface area contributed by atoms with Gasteiger partial charge in [-0.25, -0.2) is 9.29 Å². The highest BCUT2D eigenvalue weighted by Gasteiger charge is 2.40. The van der Waals surface area contributed by atoms with Gasteiger partial charge in [0.15, 0.2) is 0 Å². The van der Waals surface area contributed by atoms with Gasteiger partial charge < -0.3 is 5.32 Å². The van der Waals surface area contributed by atoms with Gasteiger partial charge in [-0.3, -0.25) is 9.59 Å². The highest BCUT2D eigenvalue weighted by atomic mass is 35.5. The van der Waals surface area contributed by atoms with Crippen molar-refractivity contribution in [2.45, 2.75) is 20.8 Å². The van der Waals surface area contributed by atoms with E-state index in [0.29, 0.717) is 5.56 Å². The Morgan fingerprint density at radius 3 is 2.29 bits per heavy atom. The molecule has 1 N–H and O–H groups in total. The van der Waals surface area contributed by atoms with Gasteiger partial charge >= 0.3 is 0 Å². The first-order chi connectivity index (χ1) is 14.8. The number of nitrogens with zero attached hydrogens (tertiary/aromatic N) is 1. The maximum Gasteiger partial charge on any atom is 0.282 e. The zero-order valence-corrected chi connectivity index (χ0v) is 18.0. The average Bonchev–Trinajstić information content (AvgIpc) is 2.98. The summed E-state index contributed by atoms with van der Waals surface area (Å²) in [5, 5.41) is 3.02. The third-order valence-electron chi connectivity index (χ3n) is 5.45. The molecule has 0 aromatic heterocycles. The summed E-state index contributed by atoms with van der Waals surface area (Å²) in [7, 11) is 0. The van der Waals surface area contributed by atoms with Crippen LogP contribution in [0.15, 0.2) is 66.4 Å². The lowest BCUT2D eigenvalue weighted by atomic mass is 10.0. The van der Waals surface area contributed by atoms with Gasteiger partial charge in [-0.1, -0.05) is 53.6 Å². The number of anilines is 2. The minimum absolute atomic E-state index is 0.161. The number of amides is 2. The number of carbonyl (C=O) groups excluding carboxylic acids is 2. The number of aryl methyl sites for hydroxylation is 2. The van der Waals surface area contributed by atoms with Crippen molar-refractivity contribution in [2.75, 3.05) is 10.2 Å². The van der Waals surface area contributed by atoms with Gasteiger partial charge in [-0.2, -0.15) is 0 Å². The Bertz CT molecular complexity index is 1250. The fourth-order valence-electron chi connectivity index (χ4n) is 3.51. The van der Waals surface area contributed by atoms with Crippen molar-refractivity contribution in [2.24, 2.45) is 0 Å². The minimum Gasteiger partial charge on any atom is -0.350 e. The quantitative estimate of drug-likeness (QED) is 0.528. The van der Waals surface area contributed by atoms with Crippen molar-refractivity contribution >= 4 is 40.4 Å². The van der Waals surface area contributed by atoms with Gasteiger partial charge in [0.05, 0.1) is 16.3 Å². The molecule has 6 heteroatoms. The van der Waals surface area contributed by atoms with Gasteiger partial charge in [0.25, 0.3) is 11.8 Å². The molecule has 0 saturated heterocycles. The molecule has 156 valence electrons. The van der Waals surface area contributed by atoms with Gasteiger partial charge in [-0.05, 0) is 61.7 Å². The van der Waals surface area contributed by atoms with Gasteiger partial charge in [0.1, 0.15) is 11.5 Å². The second-order valence-corrected chi connectivity index (χ2v) is 7.94. The zero-order chi connectivity index (χ0) is 22.3. The lowest BCUT2D eigenvalue weighted by molar-refractivity contribution is -0.120. The Morgan fingerprint density at radius 2 is 1.61 bits per heavy atom. The van der Waals surface area contributed by atoms with Crippen molar-refractivity contribution in [1.82, 2.24) is 0 Å². The molecular formula is C25H20ClFN2O2. The van der Waals surface area contributed by atoms with Crippen LogP contribution in [0, 0.1) is 26.6 Å². The van der Waals surface area contributed by atoms with Crippen molar-refractivity contribution < 1.29 is 14.0 Å². The molecule has 4 nitrogen and oxygen atoms in total. The van der Waals surface area contributed by atoms with Gasteiger partial charge in [0.2, 0.25) is 0 Å². The SMILES string of the molecule is Cc1ccc(C2=C(Nc3cccc(C)c3C)C(=O)N(c3ccc(F)c(Cl)c3)C2=O)cc1. The second kappa shape index (κ2) is 8.00. The van der Waals surface area contributed by atoms with Gasteiger partial charge in [-0.15, -0.1) is 0 Å². The average molecular weight is 435 g/mol. The number of carbonyl (C=O) groups is 2. The molecule has 0 fully saturated rings. The van der Waals surface area contributed by atoms with Crippen LogP contribution in [0.3, 0.4) is 0 Å². The Labute approximate surface area is 185 Å². The Hall–Kier alpha value is -3.44. The molecule has 0 unspecified atom stereocenters. The van der Waals surface area contributed by atoms with E-state index in [4.69, 9.17) is 11.6 Å². The molecule has 1 aliphatic rings. The van der Waals surface area contributed by atoms with E-state index in [1.807, 2.05) is 63.2 Å². The van der Waals surface area contributed by atoms with E-state index < -0.39 is 17.6 Å². The number of benzene rings is 3. The fourth-order valence-corrected chi connectivity index (χ4v) is 3.69. The van der Waals surface area contributed by atoms with Crippen LogP contribution in [0.1, 0.15) is 22.3 Å². The first kappa shape index (κ1) is 20.8. The number of rotatable bonds is 4. The number of imide groups is 1. The molecule has 0 saturated carbocycles. The largest absolute Gasteiger partial charge is 0.350 e. The second-order valence-electron chi connectivity index (χ2n) is 7.53. The molecule has 2 amide bonds. The van der Waals surface area contributed by atoms with Crippen molar-refractivity contribution in [1.29, 1.82) is 0 Å². The lowest BCUT2D eigenvalue weighted by Gasteiger charge is -2.16.